The second-order valence-corrected chi connectivity index (χ2v) is 4.31. The molecule has 0 bridgehead atoms. The van der Waals surface area contributed by atoms with Gasteiger partial charge >= 0.3 is 0 Å². The van der Waals surface area contributed by atoms with Crippen molar-refractivity contribution in [2.24, 2.45) is 0 Å². The molecule has 1 aromatic rings. The zero-order valence-electron chi connectivity index (χ0n) is 11.2. The van der Waals surface area contributed by atoms with E-state index in [4.69, 9.17) is 4.74 Å². The Hall–Kier alpha value is -1.89. The molecule has 1 aromatic heterocycles. The molecule has 0 unspecified atom stereocenters. The van der Waals surface area contributed by atoms with E-state index < -0.39 is 0 Å². The number of amides is 2. The van der Waals surface area contributed by atoms with Crippen molar-refractivity contribution in [3.05, 3.63) is 11.9 Å². The Balaban J connectivity index is 2.27. The van der Waals surface area contributed by atoms with Gasteiger partial charge in [-0.25, -0.2) is 0 Å². The van der Waals surface area contributed by atoms with Crippen LogP contribution in [0.1, 0.15) is 24.3 Å². The van der Waals surface area contributed by atoms with Gasteiger partial charge in [0.2, 0.25) is 5.91 Å². The largest absolute Gasteiger partial charge is 0.378 e. The lowest BCUT2D eigenvalue weighted by Crippen LogP contribution is -2.41. The Morgan fingerprint density at radius 1 is 1.42 bits per heavy atom. The number of nitrogens with zero attached hydrogens (tertiary/aromatic N) is 3. The normalized spacial score (nSPS) is 15.4. The molecule has 0 spiro atoms. The third-order valence-corrected chi connectivity index (χ3v) is 2.95. The molecule has 2 heterocycles. The van der Waals surface area contributed by atoms with Crippen molar-refractivity contribution in [3.63, 3.8) is 0 Å². The number of anilines is 1. The summed E-state index contributed by atoms with van der Waals surface area (Å²) in [7, 11) is 0. The van der Waals surface area contributed by atoms with Crippen molar-refractivity contribution < 1.29 is 14.3 Å². The molecule has 104 valence electrons. The number of morpholine rings is 1. The third-order valence-electron chi connectivity index (χ3n) is 2.95. The Morgan fingerprint density at radius 3 is 2.68 bits per heavy atom. The van der Waals surface area contributed by atoms with Crippen LogP contribution in [0.5, 0.6) is 0 Å². The maximum Gasteiger partial charge on any atom is 0.274 e. The molecule has 0 aromatic carbocycles. The van der Waals surface area contributed by atoms with E-state index >= 15 is 0 Å². The number of ether oxygens (including phenoxy) is 1. The average Bonchev–Trinajstić information content (AvgIpc) is 2.81. The molecular formula is C12H18N4O3. The van der Waals surface area contributed by atoms with Crippen LogP contribution < -0.4 is 5.32 Å². The first-order valence-corrected chi connectivity index (χ1v) is 6.34. The standard InChI is InChI=1S/C12H18N4O3/c1-3-16-11(10(8-13-16)14-9(2)17)12(18)15-4-6-19-7-5-15/h8H,3-7H2,1-2H3,(H,14,17). The molecule has 1 N–H and O–H groups in total. The van der Waals surface area contributed by atoms with E-state index in [1.54, 1.807) is 9.58 Å². The summed E-state index contributed by atoms with van der Waals surface area (Å²) >= 11 is 0. The van der Waals surface area contributed by atoms with Gasteiger partial charge < -0.3 is 15.0 Å². The minimum atomic E-state index is -0.216. The highest BCUT2D eigenvalue weighted by atomic mass is 16.5. The second kappa shape index (κ2) is 5.83. The number of carbonyl (C=O) groups excluding carboxylic acids is 2. The van der Waals surface area contributed by atoms with Crippen molar-refractivity contribution in [2.45, 2.75) is 20.4 Å². The lowest BCUT2D eigenvalue weighted by molar-refractivity contribution is -0.114. The number of rotatable bonds is 3. The number of hydrogen-bond acceptors (Lipinski definition) is 4. The van der Waals surface area contributed by atoms with Gasteiger partial charge in [-0.1, -0.05) is 0 Å². The first kappa shape index (κ1) is 13.5. The van der Waals surface area contributed by atoms with Crippen molar-refractivity contribution in [1.82, 2.24) is 14.7 Å². The highest BCUT2D eigenvalue weighted by molar-refractivity contribution is 6.02. The molecule has 1 fully saturated rings. The fourth-order valence-corrected chi connectivity index (χ4v) is 2.05. The maximum atomic E-state index is 12.5. The monoisotopic (exact) mass is 266 g/mol. The van der Waals surface area contributed by atoms with Gasteiger partial charge in [-0.2, -0.15) is 5.10 Å². The van der Waals surface area contributed by atoms with Crippen LogP contribution in [0.25, 0.3) is 0 Å². The summed E-state index contributed by atoms with van der Waals surface area (Å²) in [6, 6.07) is 0. The summed E-state index contributed by atoms with van der Waals surface area (Å²) in [4.78, 5) is 25.4. The van der Waals surface area contributed by atoms with Gasteiger partial charge in [0, 0.05) is 26.6 Å². The highest BCUT2D eigenvalue weighted by Gasteiger charge is 2.25. The number of aromatic nitrogens is 2. The Bertz CT molecular complexity index is 477. The van der Waals surface area contributed by atoms with E-state index in [1.807, 2.05) is 6.92 Å². The molecule has 0 radical (unpaired) electrons. The van der Waals surface area contributed by atoms with Crippen molar-refractivity contribution >= 4 is 17.5 Å². The minimum absolute atomic E-state index is 0.119. The van der Waals surface area contributed by atoms with E-state index in [0.717, 1.165) is 0 Å². The molecule has 0 aliphatic carbocycles. The highest BCUT2D eigenvalue weighted by Crippen LogP contribution is 2.18. The zero-order valence-corrected chi connectivity index (χ0v) is 11.2. The fraction of sp³-hybridized carbons (Fsp3) is 0.583. The SMILES string of the molecule is CCn1ncc(NC(C)=O)c1C(=O)N1CCOCC1. The molecule has 0 saturated carbocycles. The smallest absolute Gasteiger partial charge is 0.274 e. The van der Waals surface area contributed by atoms with Gasteiger partial charge in [-0.15, -0.1) is 0 Å². The van der Waals surface area contributed by atoms with Gasteiger partial charge in [0.25, 0.3) is 5.91 Å². The molecule has 1 aliphatic heterocycles. The van der Waals surface area contributed by atoms with E-state index in [0.29, 0.717) is 44.2 Å². The van der Waals surface area contributed by atoms with Crippen LogP contribution in [-0.4, -0.2) is 52.8 Å². The summed E-state index contributed by atoms with van der Waals surface area (Å²) in [5, 5.41) is 6.77. The van der Waals surface area contributed by atoms with Crippen LogP contribution in [-0.2, 0) is 16.1 Å². The topological polar surface area (TPSA) is 76.5 Å². The lowest BCUT2D eigenvalue weighted by atomic mass is 10.3. The lowest BCUT2D eigenvalue weighted by Gasteiger charge is -2.27. The summed E-state index contributed by atoms with van der Waals surface area (Å²) in [5.41, 5.74) is 0.894. The van der Waals surface area contributed by atoms with Crippen LogP contribution in [0, 0.1) is 0 Å². The number of aryl methyl sites for hydroxylation is 1. The predicted octanol–water partition coefficient (Wildman–Crippen LogP) is 0.334. The Kier molecular flexibility index (Phi) is 4.16. The first-order chi connectivity index (χ1) is 9.13. The number of nitrogens with one attached hydrogen (secondary N) is 1. The molecule has 1 aliphatic rings. The minimum Gasteiger partial charge on any atom is -0.378 e. The van der Waals surface area contributed by atoms with Crippen LogP contribution >= 0.6 is 0 Å². The quantitative estimate of drug-likeness (QED) is 0.855. The van der Waals surface area contributed by atoms with Gasteiger partial charge in [-0.05, 0) is 6.92 Å². The van der Waals surface area contributed by atoms with Gasteiger partial charge in [0.15, 0.2) is 0 Å². The van der Waals surface area contributed by atoms with Crippen molar-refractivity contribution in [2.75, 3.05) is 31.6 Å². The fourth-order valence-electron chi connectivity index (χ4n) is 2.05. The summed E-state index contributed by atoms with van der Waals surface area (Å²) < 4.78 is 6.83. The molecule has 2 amide bonds. The summed E-state index contributed by atoms with van der Waals surface area (Å²) in [6.07, 6.45) is 1.51. The van der Waals surface area contributed by atoms with E-state index in [1.165, 1.54) is 13.1 Å². The molecular weight excluding hydrogens is 248 g/mol. The van der Waals surface area contributed by atoms with Gasteiger partial charge in [0.05, 0.1) is 25.1 Å². The van der Waals surface area contributed by atoms with E-state index in [2.05, 4.69) is 10.4 Å². The molecule has 1 saturated heterocycles. The van der Waals surface area contributed by atoms with E-state index in [9.17, 15) is 9.59 Å². The molecule has 7 nitrogen and oxygen atoms in total. The van der Waals surface area contributed by atoms with Gasteiger partial charge in [0.1, 0.15) is 5.69 Å². The molecule has 2 rings (SSSR count). The Labute approximate surface area is 111 Å². The average molecular weight is 266 g/mol. The second-order valence-electron chi connectivity index (χ2n) is 4.31. The summed E-state index contributed by atoms with van der Waals surface area (Å²) in [6.45, 7) is 6.10. The molecule has 19 heavy (non-hydrogen) atoms. The predicted molar refractivity (Wildman–Crippen MR) is 68.9 cm³/mol. The van der Waals surface area contributed by atoms with Crippen LogP contribution in [0.3, 0.4) is 0 Å². The number of carbonyl (C=O) groups is 2. The zero-order chi connectivity index (χ0) is 13.8. The van der Waals surface area contributed by atoms with Crippen LogP contribution in [0.4, 0.5) is 5.69 Å². The van der Waals surface area contributed by atoms with Crippen molar-refractivity contribution in [3.8, 4) is 0 Å². The van der Waals surface area contributed by atoms with E-state index in [-0.39, 0.29) is 11.8 Å². The van der Waals surface area contributed by atoms with Crippen molar-refractivity contribution in [1.29, 1.82) is 0 Å². The summed E-state index contributed by atoms with van der Waals surface area (Å²) in [5.74, 6) is -0.335. The first-order valence-electron chi connectivity index (χ1n) is 6.34. The van der Waals surface area contributed by atoms with Crippen LogP contribution in [0.15, 0.2) is 6.20 Å². The molecule has 0 atom stereocenters. The van der Waals surface area contributed by atoms with Gasteiger partial charge in [-0.3, -0.25) is 14.3 Å². The third kappa shape index (κ3) is 2.93. The maximum absolute atomic E-state index is 12.5. The molecule has 7 heteroatoms. The number of hydrogen-bond donors (Lipinski definition) is 1. The van der Waals surface area contributed by atoms with Crippen LogP contribution in [0.2, 0.25) is 0 Å². The Morgan fingerprint density at radius 2 is 2.11 bits per heavy atom.